The number of benzene rings is 1. The van der Waals surface area contributed by atoms with Gasteiger partial charge in [0.05, 0.1) is 14.2 Å². The third-order valence-corrected chi connectivity index (χ3v) is 2.91. The van der Waals surface area contributed by atoms with Crippen molar-refractivity contribution in [3.63, 3.8) is 0 Å². The molecule has 0 amide bonds. The second kappa shape index (κ2) is 8.21. The normalized spacial score (nSPS) is 9.59. The van der Waals surface area contributed by atoms with Crippen LogP contribution < -0.4 is 15.8 Å². The lowest BCUT2D eigenvalue weighted by Crippen LogP contribution is -2.08. The Labute approximate surface area is 135 Å². The minimum absolute atomic E-state index is 0. The van der Waals surface area contributed by atoms with Crippen molar-refractivity contribution in [2.24, 2.45) is 5.73 Å². The summed E-state index contributed by atoms with van der Waals surface area (Å²) < 4.78 is 9.84. The first-order valence-corrected chi connectivity index (χ1v) is 6.37. The molecule has 1 heterocycles. The summed E-state index contributed by atoms with van der Waals surface area (Å²) in [6.45, 7) is 0.435. The molecule has 7 heteroatoms. The summed E-state index contributed by atoms with van der Waals surface area (Å²) in [5.74, 6) is 0.304. The maximum Gasteiger partial charge on any atom is 0.341 e. The number of pyridine rings is 1. The number of halogens is 1. The summed E-state index contributed by atoms with van der Waals surface area (Å²) in [6, 6.07) is 10.8. The number of nitrogens with zero attached hydrogens (tertiary/aromatic N) is 1. The average Bonchev–Trinajstić information content (AvgIpc) is 2.54. The highest BCUT2D eigenvalue weighted by Gasteiger charge is 2.14. The van der Waals surface area contributed by atoms with Gasteiger partial charge in [-0.25, -0.2) is 4.79 Å². The number of carbonyl (C=O) groups excluding carboxylic acids is 1. The fraction of sp³-hybridized carbons (Fsp3) is 0.200. The minimum atomic E-state index is -0.470. The van der Waals surface area contributed by atoms with E-state index < -0.39 is 5.97 Å². The molecule has 118 valence electrons. The van der Waals surface area contributed by atoms with E-state index in [2.05, 4.69) is 10.3 Å². The third kappa shape index (κ3) is 4.09. The van der Waals surface area contributed by atoms with Gasteiger partial charge >= 0.3 is 5.97 Å². The lowest BCUT2D eigenvalue weighted by molar-refractivity contribution is 0.0601. The number of ether oxygens (including phenoxy) is 2. The van der Waals surface area contributed by atoms with Gasteiger partial charge in [0.15, 0.2) is 0 Å². The Morgan fingerprint density at radius 1 is 1.27 bits per heavy atom. The van der Waals surface area contributed by atoms with Crippen LogP contribution in [0.2, 0.25) is 0 Å². The molecular weight excluding hydrogens is 306 g/mol. The largest absolute Gasteiger partial charge is 0.481 e. The molecule has 0 spiro atoms. The summed E-state index contributed by atoms with van der Waals surface area (Å²) in [4.78, 5) is 16.0. The van der Waals surface area contributed by atoms with Gasteiger partial charge in [-0.3, -0.25) is 0 Å². The molecule has 0 aliphatic carbocycles. The van der Waals surface area contributed by atoms with E-state index >= 15 is 0 Å². The summed E-state index contributed by atoms with van der Waals surface area (Å²) in [5.41, 5.74) is 7.71. The maximum absolute atomic E-state index is 11.8. The molecule has 1 aromatic carbocycles. The van der Waals surface area contributed by atoms with E-state index in [0.29, 0.717) is 23.8 Å². The molecule has 0 aliphatic rings. The van der Waals surface area contributed by atoms with Crippen molar-refractivity contribution in [1.29, 1.82) is 0 Å². The standard InChI is InChI=1S/C15H17N3O3.ClH/c1-20-13-7-6-12(15(19)21-2)14(18-13)17-11-5-3-4-10(8-11)9-16;/h3-8H,9,16H2,1-2H3,(H,17,18);1H. The van der Waals surface area contributed by atoms with Crippen LogP contribution in [0, 0.1) is 0 Å². The molecular formula is C15H18ClN3O3. The van der Waals surface area contributed by atoms with Gasteiger partial charge in [0, 0.05) is 18.3 Å². The SMILES string of the molecule is COC(=O)c1ccc(OC)nc1Nc1cccc(CN)c1.Cl. The van der Waals surface area contributed by atoms with Crippen LogP contribution in [-0.2, 0) is 11.3 Å². The van der Waals surface area contributed by atoms with E-state index in [0.717, 1.165) is 11.3 Å². The molecule has 0 saturated heterocycles. The van der Waals surface area contributed by atoms with Crippen LogP contribution in [0.25, 0.3) is 0 Å². The predicted octanol–water partition coefficient (Wildman–Crippen LogP) is 2.50. The Hall–Kier alpha value is -2.31. The highest BCUT2D eigenvalue weighted by Crippen LogP contribution is 2.23. The summed E-state index contributed by atoms with van der Waals surface area (Å²) >= 11 is 0. The third-order valence-electron chi connectivity index (χ3n) is 2.91. The van der Waals surface area contributed by atoms with Crippen LogP contribution in [0.1, 0.15) is 15.9 Å². The molecule has 0 aliphatic heterocycles. The number of nitrogens with one attached hydrogen (secondary N) is 1. The number of rotatable bonds is 5. The van der Waals surface area contributed by atoms with Crippen LogP contribution in [0.15, 0.2) is 36.4 Å². The average molecular weight is 324 g/mol. The number of aromatic nitrogens is 1. The molecule has 0 saturated carbocycles. The van der Waals surface area contributed by atoms with Gasteiger partial charge < -0.3 is 20.5 Å². The number of hydrogen-bond donors (Lipinski definition) is 2. The van der Waals surface area contributed by atoms with Crippen LogP contribution in [-0.4, -0.2) is 25.2 Å². The van der Waals surface area contributed by atoms with Gasteiger partial charge in [0.25, 0.3) is 0 Å². The van der Waals surface area contributed by atoms with Gasteiger partial charge in [0.2, 0.25) is 5.88 Å². The van der Waals surface area contributed by atoms with E-state index in [1.165, 1.54) is 14.2 Å². The predicted molar refractivity (Wildman–Crippen MR) is 87.0 cm³/mol. The van der Waals surface area contributed by atoms with E-state index in [9.17, 15) is 4.79 Å². The number of anilines is 2. The zero-order valence-corrected chi connectivity index (χ0v) is 13.1. The number of esters is 1. The molecule has 6 nitrogen and oxygen atoms in total. The Bertz CT molecular complexity index is 650. The van der Waals surface area contributed by atoms with Crippen molar-refractivity contribution in [1.82, 2.24) is 4.98 Å². The second-order valence-corrected chi connectivity index (χ2v) is 4.27. The highest BCUT2D eigenvalue weighted by molar-refractivity contribution is 5.95. The first-order chi connectivity index (χ1) is 10.2. The lowest BCUT2D eigenvalue weighted by atomic mass is 10.2. The Morgan fingerprint density at radius 2 is 2.05 bits per heavy atom. The minimum Gasteiger partial charge on any atom is -0.481 e. The second-order valence-electron chi connectivity index (χ2n) is 4.27. The van der Waals surface area contributed by atoms with Crippen LogP contribution in [0.4, 0.5) is 11.5 Å². The van der Waals surface area contributed by atoms with Gasteiger partial charge in [-0.05, 0) is 23.8 Å². The Balaban J connectivity index is 0.00000242. The zero-order valence-electron chi connectivity index (χ0n) is 12.3. The first-order valence-electron chi connectivity index (χ1n) is 6.37. The number of hydrogen-bond acceptors (Lipinski definition) is 6. The van der Waals surface area contributed by atoms with Crippen molar-refractivity contribution in [3.05, 3.63) is 47.5 Å². The number of methoxy groups -OCH3 is 2. The van der Waals surface area contributed by atoms with E-state index in [1.807, 2.05) is 24.3 Å². The molecule has 3 N–H and O–H groups in total. The van der Waals surface area contributed by atoms with Gasteiger partial charge in [-0.2, -0.15) is 4.98 Å². The van der Waals surface area contributed by atoms with E-state index in [1.54, 1.807) is 12.1 Å². The fourth-order valence-corrected chi connectivity index (χ4v) is 1.84. The molecule has 0 bridgehead atoms. The van der Waals surface area contributed by atoms with Crippen molar-refractivity contribution in [2.75, 3.05) is 19.5 Å². The summed E-state index contributed by atoms with van der Waals surface area (Å²) in [5, 5.41) is 3.09. The quantitative estimate of drug-likeness (QED) is 0.822. The highest BCUT2D eigenvalue weighted by atomic mass is 35.5. The molecule has 1 aromatic heterocycles. The smallest absolute Gasteiger partial charge is 0.341 e. The van der Waals surface area contributed by atoms with Crippen molar-refractivity contribution in [3.8, 4) is 5.88 Å². The topological polar surface area (TPSA) is 86.5 Å². The first kappa shape index (κ1) is 17.7. The van der Waals surface area contributed by atoms with Gasteiger partial charge in [-0.15, -0.1) is 12.4 Å². The maximum atomic E-state index is 11.8. The molecule has 22 heavy (non-hydrogen) atoms. The molecule has 0 atom stereocenters. The summed E-state index contributed by atoms with van der Waals surface area (Å²) in [6.07, 6.45) is 0. The van der Waals surface area contributed by atoms with Crippen LogP contribution in [0.5, 0.6) is 5.88 Å². The molecule has 2 rings (SSSR count). The Morgan fingerprint density at radius 3 is 2.68 bits per heavy atom. The van der Waals surface area contributed by atoms with Crippen molar-refractivity contribution >= 4 is 29.9 Å². The van der Waals surface area contributed by atoms with Gasteiger partial charge in [0.1, 0.15) is 11.4 Å². The van der Waals surface area contributed by atoms with Crippen LogP contribution in [0.3, 0.4) is 0 Å². The molecule has 0 unspecified atom stereocenters. The van der Waals surface area contributed by atoms with Gasteiger partial charge in [-0.1, -0.05) is 12.1 Å². The van der Waals surface area contributed by atoms with E-state index in [-0.39, 0.29) is 12.4 Å². The van der Waals surface area contributed by atoms with E-state index in [4.69, 9.17) is 15.2 Å². The monoisotopic (exact) mass is 323 g/mol. The number of nitrogens with two attached hydrogens (primary N) is 1. The Kier molecular flexibility index (Phi) is 6.62. The molecule has 0 fully saturated rings. The molecule has 2 aromatic rings. The van der Waals surface area contributed by atoms with Crippen LogP contribution >= 0.6 is 12.4 Å². The summed E-state index contributed by atoms with van der Waals surface area (Å²) in [7, 11) is 2.84. The lowest BCUT2D eigenvalue weighted by Gasteiger charge is -2.12. The van der Waals surface area contributed by atoms with Crippen molar-refractivity contribution in [2.45, 2.75) is 6.54 Å². The van der Waals surface area contributed by atoms with Crippen molar-refractivity contribution < 1.29 is 14.3 Å². The fourth-order valence-electron chi connectivity index (χ4n) is 1.84. The number of carbonyl (C=O) groups is 1. The zero-order chi connectivity index (χ0) is 15.2. The molecule has 0 radical (unpaired) electrons.